The highest BCUT2D eigenvalue weighted by molar-refractivity contribution is 7.11. The van der Waals surface area contributed by atoms with Crippen molar-refractivity contribution in [1.82, 2.24) is 15.6 Å². The van der Waals surface area contributed by atoms with Gasteiger partial charge in [-0.3, -0.25) is 0 Å². The maximum absolute atomic E-state index is 11.7. The normalized spacial score (nSPS) is 21.5. The van der Waals surface area contributed by atoms with Gasteiger partial charge in [-0.1, -0.05) is 20.8 Å². The maximum Gasteiger partial charge on any atom is 0.407 e. The molecule has 1 aromatic rings. The topological polar surface area (TPSA) is 63.2 Å². The Labute approximate surface area is 136 Å². The highest BCUT2D eigenvalue weighted by Crippen LogP contribution is 2.28. The minimum atomic E-state index is -0.451. The third-order valence-corrected chi connectivity index (χ3v) is 4.65. The van der Waals surface area contributed by atoms with Crippen molar-refractivity contribution in [2.45, 2.75) is 77.6 Å². The molecule has 1 amide bonds. The molecule has 5 nitrogen and oxygen atoms in total. The zero-order valence-electron chi connectivity index (χ0n) is 14.3. The lowest BCUT2D eigenvalue weighted by molar-refractivity contribution is 0.0522. The fraction of sp³-hybridized carbons (Fsp3) is 0.750. The lowest BCUT2D eigenvalue weighted by Crippen LogP contribution is -2.36. The van der Waals surface area contributed by atoms with Crippen LogP contribution in [0.2, 0.25) is 0 Å². The zero-order chi connectivity index (χ0) is 16.5. The molecule has 1 saturated carbocycles. The number of ether oxygens (including phenoxy) is 1. The van der Waals surface area contributed by atoms with E-state index in [0.717, 1.165) is 18.0 Å². The first-order valence-corrected chi connectivity index (χ1v) is 8.54. The number of hydrogen-bond donors (Lipinski definition) is 2. The van der Waals surface area contributed by atoms with Gasteiger partial charge in [-0.05, 0) is 27.2 Å². The Morgan fingerprint density at radius 1 is 1.32 bits per heavy atom. The summed E-state index contributed by atoms with van der Waals surface area (Å²) in [5.41, 5.74) is -0.350. The van der Waals surface area contributed by atoms with Gasteiger partial charge in [0.15, 0.2) is 0 Å². The number of thiazole rings is 1. The van der Waals surface area contributed by atoms with Gasteiger partial charge < -0.3 is 15.4 Å². The molecule has 2 N–H and O–H groups in total. The van der Waals surface area contributed by atoms with Crippen LogP contribution in [-0.2, 0) is 16.7 Å². The Balaban J connectivity index is 1.72. The van der Waals surface area contributed by atoms with Crippen LogP contribution in [-0.4, -0.2) is 28.8 Å². The molecule has 0 aliphatic heterocycles. The fourth-order valence-corrected chi connectivity index (χ4v) is 2.93. The second kappa shape index (κ2) is 6.16. The van der Waals surface area contributed by atoms with Crippen LogP contribution in [0.3, 0.4) is 0 Å². The van der Waals surface area contributed by atoms with Crippen LogP contribution in [0.1, 0.15) is 57.8 Å². The van der Waals surface area contributed by atoms with E-state index < -0.39 is 5.60 Å². The standard InChI is InChI=1S/C16H27N3O2S/c1-15(2,3)13-18-9-10(22-13)8-17-11-7-12(11)19-14(20)21-16(4,5)6/h9,11-12,17H,7-8H2,1-6H3,(H,19,20). The molecule has 1 fully saturated rings. The average molecular weight is 325 g/mol. The molecule has 1 aliphatic rings. The molecule has 2 atom stereocenters. The molecule has 124 valence electrons. The summed E-state index contributed by atoms with van der Waals surface area (Å²) in [7, 11) is 0. The molecule has 0 radical (unpaired) electrons. The zero-order valence-corrected chi connectivity index (χ0v) is 15.1. The predicted molar refractivity (Wildman–Crippen MR) is 89.2 cm³/mol. The summed E-state index contributed by atoms with van der Waals surface area (Å²) in [4.78, 5) is 17.4. The van der Waals surface area contributed by atoms with E-state index in [1.54, 1.807) is 11.3 Å². The predicted octanol–water partition coefficient (Wildman–Crippen LogP) is 3.20. The summed E-state index contributed by atoms with van der Waals surface area (Å²) in [6.45, 7) is 12.9. The van der Waals surface area contributed by atoms with Gasteiger partial charge >= 0.3 is 6.09 Å². The molecule has 0 aromatic carbocycles. The fourth-order valence-electron chi connectivity index (χ4n) is 2.01. The monoisotopic (exact) mass is 325 g/mol. The molecule has 0 bridgehead atoms. The van der Waals surface area contributed by atoms with Gasteiger partial charge in [-0.25, -0.2) is 9.78 Å². The summed E-state index contributed by atoms with van der Waals surface area (Å²) < 4.78 is 5.25. The summed E-state index contributed by atoms with van der Waals surface area (Å²) in [6, 6.07) is 0.498. The molecule has 6 heteroatoms. The van der Waals surface area contributed by atoms with Crippen molar-refractivity contribution in [1.29, 1.82) is 0 Å². The first-order valence-electron chi connectivity index (χ1n) is 7.73. The van der Waals surface area contributed by atoms with E-state index in [9.17, 15) is 4.79 Å². The van der Waals surface area contributed by atoms with Gasteiger partial charge in [-0.2, -0.15) is 0 Å². The molecular weight excluding hydrogens is 298 g/mol. The molecule has 1 heterocycles. The Morgan fingerprint density at radius 3 is 2.55 bits per heavy atom. The number of nitrogens with zero attached hydrogens (tertiary/aromatic N) is 1. The van der Waals surface area contributed by atoms with Crippen molar-refractivity contribution in [3.8, 4) is 0 Å². The third kappa shape index (κ3) is 5.25. The molecule has 1 aromatic heterocycles. The molecular formula is C16H27N3O2S. The van der Waals surface area contributed by atoms with Crippen molar-refractivity contribution in [2.75, 3.05) is 0 Å². The Hall–Kier alpha value is -1.14. The minimum absolute atomic E-state index is 0.100. The van der Waals surface area contributed by atoms with Crippen LogP contribution in [0.5, 0.6) is 0 Å². The summed E-state index contributed by atoms with van der Waals surface area (Å²) in [5.74, 6) is 0. The lowest BCUT2D eigenvalue weighted by atomic mass is 9.98. The van der Waals surface area contributed by atoms with Gasteiger partial charge in [-0.15, -0.1) is 11.3 Å². The SMILES string of the molecule is CC(C)(C)OC(=O)NC1CC1NCc1cnc(C(C)(C)C)s1. The van der Waals surface area contributed by atoms with E-state index in [2.05, 4.69) is 36.4 Å². The number of rotatable bonds is 4. The largest absolute Gasteiger partial charge is 0.444 e. The van der Waals surface area contributed by atoms with Crippen molar-refractivity contribution in [2.24, 2.45) is 0 Å². The molecule has 0 spiro atoms. The minimum Gasteiger partial charge on any atom is -0.444 e. The van der Waals surface area contributed by atoms with E-state index in [1.807, 2.05) is 27.0 Å². The first kappa shape index (κ1) is 17.2. The summed E-state index contributed by atoms with van der Waals surface area (Å²) in [5, 5.41) is 7.50. The molecule has 22 heavy (non-hydrogen) atoms. The number of alkyl carbamates (subject to hydrolysis) is 1. The van der Waals surface area contributed by atoms with E-state index in [1.165, 1.54) is 4.88 Å². The Kier molecular flexibility index (Phi) is 4.82. The summed E-state index contributed by atoms with van der Waals surface area (Å²) in [6.07, 6.45) is 2.55. The van der Waals surface area contributed by atoms with E-state index in [4.69, 9.17) is 4.74 Å². The highest BCUT2D eigenvalue weighted by Gasteiger charge is 2.39. The van der Waals surface area contributed by atoms with Crippen LogP contribution < -0.4 is 10.6 Å². The van der Waals surface area contributed by atoms with Crippen LogP contribution in [0.4, 0.5) is 4.79 Å². The van der Waals surface area contributed by atoms with E-state index >= 15 is 0 Å². The second-order valence-electron chi connectivity index (χ2n) is 7.86. The maximum atomic E-state index is 11.7. The highest BCUT2D eigenvalue weighted by atomic mass is 32.1. The Bertz CT molecular complexity index is 528. The second-order valence-corrected chi connectivity index (χ2v) is 8.97. The van der Waals surface area contributed by atoms with Gasteiger partial charge in [0.25, 0.3) is 0 Å². The average Bonchev–Trinajstić information content (AvgIpc) is 2.86. The number of hydrogen-bond acceptors (Lipinski definition) is 5. The third-order valence-electron chi connectivity index (χ3n) is 3.23. The van der Waals surface area contributed by atoms with Crippen molar-refractivity contribution in [3.05, 3.63) is 16.1 Å². The van der Waals surface area contributed by atoms with Crippen molar-refractivity contribution in [3.63, 3.8) is 0 Å². The summed E-state index contributed by atoms with van der Waals surface area (Å²) >= 11 is 1.75. The van der Waals surface area contributed by atoms with Crippen molar-refractivity contribution < 1.29 is 9.53 Å². The molecule has 2 unspecified atom stereocenters. The first-order chi connectivity index (χ1) is 10.0. The van der Waals surface area contributed by atoms with Gasteiger partial charge in [0.05, 0.1) is 5.01 Å². The quantitative estimate of drug-likeness (QED) is 0.892. The smallest absolute Gasteiger partial charge is 0.407 e. The van der Waals surface area contributed by atoms with Crippen LogP contribution in [0.15, 0.2) is 6.20 Å². The van der Waals surface area contributed by atoms with Gasteiger partial charge in [0.1, 0.15) is 5.60 Å². The van der Waals surface area contributed by atoms with Gasteiger partial charge in [0, 0.05) is 35.1 Å². The molecule has 1 aliphatic carbocycles. The van der Waals surface area contributed by atoms with Crippen molar-refractivity contribution >= 4 is 17.4 Å². The van der Waals surface area contributed by atoms with Crippen LogP contribution in [0.25, 0.3) is 0 Å². The number of aromatic nitrogens is 1. The lowest BCUT2D eigenvalue weighted by Gasteiger charge is -2.19. The van der Waals surface area contributed by atoms with Crippen LogP contribution >= 0.6 is 11.3 Å². The number of carbonyl (C=O) groups excluding carboxylic acids is 1. The molecule has 2 rings (SSSR count). The van der Waals surface area contributed by atoms with Crippen LogP contribution in [0, 0.1) is 0 Å². The van der Waals surface area contributed by atoms with E-state index in [-0.39, 0.29) is 17.6 Å². The Morgan fingerprint density at radius 2 is 2.00 bits per heavy atom. The number of amides is 1. The number of carbonyl (C=O) groups is 1. The van der Waals surface area contributed by atoms with Gasteiger partial charge in [0.2, 0.25) is 0 Å². The molecule has 0 saturated heterocycles. The van der Waals surface area contributed by atoms with E-state index in [0.29, 0.717) is 6.04 Å². The number of nitrogens with one attached hydrogen (secondary N) is 2.